The molecule has 31 heavy (non-hydrogen) atoms. The summed E-state index contributed by atoms with van der Waals surface area (Å²) in [4.78, 5) is 22.9. The SMILES string of the molecule is O=[N+]([O-])c1ccc2[nH]c(O)c(C(=Nc3cccc4cnccc34)c3ccccc3)c2c1. The van der Waals surface area contributed by atoms with Crippen LogP contribution in [-0.4, -0.2) is 25.7 Å². The molecule has 5 aromatic rings. The fraction of sp³-hybridized carbons (Fsp3) is 0. The highest BCUT2D eigenvalue weighted by Gasteiger charge is 2.21. The molecule has 0 aliphatic heterocycles. The van der Waals surface area contributed by atoms with Crippen molar-refractivity contribution in [3.05, 3.63) is 106 Å². The monoisotopic (exact) mass is 408 g/mol. The zero-order valence-electron chi connectivity index (χ0n) is 16.2. The van der Waals surface area contributed by atoms with Crippen LogP contribution in [0.15, 0.2) is 90.2 Å². The van der Waals surface area contributed by atoms with E-state index in [9.17, 15) is 15.2 Å². The Hall–Kier alpha value is -4.52. The van der Waals surface area contributed by atoms with Gasteiger partial charge in [0.15, 0.2) is 5.88 Å². The van der Waals surface area contributed by atoms with Crippen molar-refractivity contribution in [2.45, 2.75) is 0 Å². The van der Waals surface area contributed by atoms with Gasteiger partial charge in [0, 0.05) is 51.8 Å². The van der Waals surface area contributed by atoms with Crippen LogP contribution in [0.4, 0.5) is 11.4 Å². The summed E-state index contributed by atoms with van der Waals surface area (Å²) in [6.45, 7) is 0. The first-order valence-corrected chi connectivity index (χ1v) is 9.58. The number of pyridine rings is 1. The zero-order chi connectivity index (χ0) is 21.4. The molecule has 0 fully saturated rings. The summed E-state index contributed by atoms with van der Waals surface area (Å²) in [7, 11) is 0. The number of H-pyrrole nitrogens is 1. The van der Waals surface area contributed by atoms with Gasteiger partial charge >= 0.3 is 0 Å². The Morgan fingerprint density at radius 3 is 2.65 bits per heavy atom. The summed E-state index contributed by atoms with van der Waals surface area (Å²) in [6, 6.07) is 21.5. The smallest absolute Gasteiger partial charge is 0.270 e. The van der Waals surface area contributed by atoms with Gasteiger partial charge in [0.1, 0.15) is 0 Å². The summed E-state index contributed by atoms with van der Waals surface area (Å²) in [5, 5.41) is 24.5. The molecule has 0 aliphatic carbocycles. The average Bonchev–Trinajstić information content (AvgIpc) is 3.13. The number of hydrogen-bond donors (Lipinski definition) is 2. The number of nitro benzene ring substituents is 1. The van der Waals surface area contributed by atoms with Crippen molar-refractivity contribution in [2.24, 2.45) is 4.99 Å². The Balaban J connectivity index is 1.83. The molecule has 2 heterocycles. The molecule has 5 rings (SSSR count). The molecule has 0 atom stereocenters. The van der Waals surface area contributed by atoms with Crippen LogP contribution in [0.5, 0.6) is 5.88 Å². The molecule has 0 amide bonds. The molecule has 0 unspecified atom stereocenters. The van der Waals surface area contributed by atoms with Crippen molar-refractivity contribution < 1.29 is 10.0 Å². The van der Waals surface area contributed by atoms with Crippen LogP contribution < -0.4 is 0 Å². The van der Waals surface area contributed by atoms with E-state index in [4.69, 9.17) is 4.99 Å². The number of aromatic amines is 1. The predicted molar refractivity (Wildman–Crippen MR) is 120 cm³/mol. The van der Waals surface area contributed by atoms with Gasteiger partial charge in [0.2, 0.25) is 0 Å². The maximum absolute atomic E-state index is 11.3. The second-order valence-corrected chi connectivity index (χ2v) is 7.04. The number of aromatic nitrogens is 2. The molecule has 0 saturated carbocycles. The number of hydrogen-bond acceptors (Lipinski definition) is 5. The number of aromatic hydroxyl groups is 1. The van der Waals surface area contributed by atoms with Gasteiger partial charge in [-0.1, -0.05) is 42.5 Å². The van der Waals surface area contributed by atoms with Gasteiger partial charge in [-0.25, -0.2) is 4.99 Å². The van der Waals surface area contributed by atoms with Crippen molar-refractivity contribution in [2.75, 3.05) is 0 Å². The molecule has 3 aromatic carbocycles. The van der Waals surface area contributed by atoms with E-state index in [2.05, 4.69) is 9.97 Å². The molecule has 0 bridgehead atoms. The highest BCUT2D eigenvalue weighted by Crippen LogP contribution is 2.34. The minimum Gasteiger partial charge on any atom is -0.494 e. The Bertz CT molecular complexity index is 1470. The van der Waals surface area contributed by atoms with Crippen LogP contribution in [0.2, 0.25) is 0 Å². The summed E-state index contributed by atoms with van der Waals surface area (Å²) in [5.74, 6) is -0.0972. The van der Waals surface area contributed by atoms with Gasteiger partial charge < -0.3 is 10.1 Å². The van der Waals surface area contributed by atoms with E-state index in [0.717, 1.165) is 16.3 Å². The number of benzene rings is 3. The lowest BCUT2D eigenvalue weighted by Crippen LogP contribution is -2.03. The first-order valence-electron chi connectivity index (χ1n) is 9.58. The Morgan fingerprint density at radius 2 is 1.84 bits per heavy atom. The van der Waals surface area contributed by atoms with E-state index >= 15 is 0 Å². The molecule has 0 saturated heterocycles. The first-order chi connectivity index (χ1) is 15.1. The third-order valence-electron chi connectivity index (χ3n) is 5.15. The van der Waals surface area contributed by atoms with Crippen LogP contribution in [0.3, 0.4) is 0 Å². The fourth-order valence-electron chi connectivity index (χ4n) is 3.70. The van der Waals surface area contributed by atoms with Gasteiger partial charge in [0.05, 0.1) is 21.9 Å². The Labute approximate surface area is 176 Å². The molecule has 150 valence electrons. The summed E-state index contributed by atoms with van der Waals surface area (Å²) in [6.07, 6.45) is 3.47. The number of non-ortho nitro benzene ring substituents is 1. The highest BCUT2D eigenvalue weighted by atomic mass is 16.6. The lowest BCUT2D eigenvalue weighted by molar-refractivity contribution is -0.384. The number of rotatable bonds is 4. The number of nitro groups is 1. The molecule has 0 aliphatic rings. The van der Waals surface area contributed by atoms with E-state index in [-0.39, 0.29) is 11.6 Å². The fourth-order valence-corrected chi connectivity index (χ4v) is 3.70. The highest BCUT2D eigenvalue weighted by molar-refractivity contribution is 6.22. The number of aliphatic imine (C=N–C) groups is 1. The molecular weight excluding hydrogens is 392 g/mol. The minimum atomic E-state index is -0.454. The Morgan fingerprint density at radius 1 is 1.00 bits per heavy atom. The largest absolute Gasteiger partial charge is 0.494 e. The van der Waals surface area contributed by atoms with Crippen LogP contribution in [0.1, 0.15) is 11.1 Å². The maximum Gasteiger partial charge on any atom is 0.270 e. The molecular formula is C24H16N4O3. The van der Waals surface area contributed by atoms with Gasteiger partial charge in [-0.2, -0.15) is 0 Å². The van der Waals surface area contributed by atoms with Crippen molar-refractivity contribution in [3.63, 3.8) is 0 Å². The second-order valence-electron chi connectivity index (χ2n) is 7.04. The second kappa shape index (κ2) is 7.38. The van der Waals surface area contributed by atoms with Crippen molar-refractivity contribution in [3.8, 4) is 5.88 Å². The van der Waals surface area contributed by atoms with E-state index < -0.39 is 4.92 Å². The number of nitrogens with zero attached hydrogens (tertiary/aromatic N) is 3. The van der Waals surface area contributed by atoms with Crippen molar-refractivity contribution >= 4 is 38.8 Å². The van der Waals surface area contributed by atoms with Gasteiger partial charge in [0.25, 0.3) is 5.69 Å². The summed E-state index contributed by atoms with van der Waals surface area (Å²) < 4.78 is 0. The standard InChI is InChI=1S/C24H16N4O3/c29-24-22(19-13-17(28(30)31)9-10-21(19)27-24)23(15-5-2-1-3-6-15)26-20-8-4-7-16-14-25-12-11-18(16)20/h1-14,27,29H. The third kappa shape index (κ3) is 3.28. The molecule has 7 heteroatoms. The zero-order valence-corrected chi connectivity index (χ0v) is 16.2. The van der Waals surface area contributed by atoms with Crippen LogP contribution >= 0.6 is 0 Å². The molecule has 2 aromatic heterocycles. The number of nitrogens with one attached hydrogen (secondary N) is 1. The van der Waals surface area contributed by atoms with E-state index in [0.29, 0.717) is 27.9 Å². The number of fused-ring (bicyclic) bond motifs is 2. The predicted octanol–water partition coefficient (Wildman–Crippen LogP) is 5.50. The quantitative estimate of drug-likeness (QED) is 0.233. The van der Waals surface area contributed by atoms with Crippen molar-refractivity contribution in [1.82, 2.24) is 9.97 Å². The van der Waals surface area contributed by atoms with Gasteiger partial charge in [-0.15, -0.1) is 0 Å². The van der Waals surface area contributed by atoms with Gasteiger partial charge in [-0.05, 0) is 18.2 Å². The normalized spacial score (nSPS) is 11.8. The Kier molecular flexibility index (Phi) is 4.41. The van der Waals surface area contributed by atoms with E-state index in [1.54, 1.807) is 18.5 Å². The molecule has 2 N–H and O–H groups in total. The van der Waals surface area contributed by atoms with Gasteiger partial charge in [-0.3, -0.25) is 15.1 Å². The van der Waals surface area contributed by atoms with Crippen LogP contribution in [-0.2, 0) is 0 Å². The molecule has 0 spiro atoms. The van der Waals surface area contributed by atoms with Crippen LogP contribution in [0, 0.1) is 10.1 Å². The maximum atomic E-state index is 11.3. The van der Waals surface area contributed by atoms with Crippen LogP contribution in [0.25, 0.3) is 21.7 Å². The summed E-state index contributed by atoms with van der Waals surface area (Å²) in [5.41, 5.74) is 2.93. The third-order valence-corrected chi connectivity index (χ3v) is 5.15. The summed E-state index contributed by atoms with van der Waals surface area (Å²) >= 11 is 0. The van der Waals surface area contributed by atoms with E-state index in [1.165, 1.54) is 12.1 Å². The molecule has 0 radical (unpaired) electrons. The molecule has 7 nitrogen and oxygen atoms in total. The average molecular weight is 408 g/mol. The van der Waals surface area contributed by atoms with Crippen molar-refractivity contribution in [1.29, 1.82) is 0 Å². The minimum absolute atomic E-state index is 0.0589. The first kappa shape index (κ1) is 18.5. The lowest BCUT2D eigenvalue weighted by Gasteiger charge is -2.09. The lowest BCUT2D eigenvalue weighted by atomic mass is 10.00. The topological polar surface area (TPSA) is 104 Å². The van der Waals surface area contributed by atoms with E-state index in [1.807, 2.05) is 54.6 Å².